The van der Waals surface area contributed by atoms with Crippen molar-refractivity contribution in [1.29, 1.82) is 0 Å². The molecule has 1 rings (SSSR count). The second kappa shape index (κ2) is 5.34. The van der Waals surface area contributed by atoms with Gasteiger partial charge in [0.25, 0.3) is 0 Å². The lowest BCUT2D eigenvalue weighted by molar-refractivity contribution is -0.135. The van der Waals surface area contributed by atoms with Crippen molar-refractivity contribution in [2.24, 2.45) is 0 Å². The van der Waals surface area contributed by atoms with E-state index >= 15 is 0 Å². The zero-order valence-electron chi connectivity index (χ0n) is 8.58. The quantitative estimate of drug-likeness (QED) is 0.634. The summed E-state index contributed by atoms with van der Waals surface area (Å²) in [5, 5.41) is 8.75. The number of halogens is 1. The molecule has 1 N–H and O–H groups in total. The Morgan fingerprint density at radius 1 is 1.44 bits per heavy atom. The van der Waals surface area contributed by atoms with Crippen molar-refractivity contribution in [2.75, 3.05) is 0 Å². The molecule has 1 aromatic carbocycles. The number of benzene rings is 1. The van der Waals surface area contributed by atoms with Gasteiger partial charge in [0.1, 0.15) is 6.42 Å². The van der Waals surface area contributed by atoms with Crippen LogP contribution in [0.25, 0.3) is 0 Å². The molecule has 0 fully saturated rings. The van der Waals surface area contributed by atoms with E-state index in [1.165, 1.54) is 13.0 Å². The third-order valence-electron chi connectivity index (χ3n) is 1.84. The second-order valence-corrected chi connectivity index (χ2v) is 3.53. The largest absolute Gasteiger partial charge is 0.481 e. The summed E-state index contributed by atoms with van der Waals surface area (Å²) < 4.78 is 0. The highest BCUT2D eigenvalue weighted by Crippen LogP contribution is 2.17. The fourth-order valence-corrected chi connectivity index (χ4v) is 1.28. The van der Waals surface area contributed by atoms with Gasteiger partial charge in [-0.2, -0.15) is 0 Å². The third kappa shape index (κ3) is 3.41. The molecule has 0 bridgehead atoms. The molecular formula is C12H9ClO3. The van der Waals surface area contributed by atoms with Gasteiger partial charge in [-0.1, -0.05) is 29.5 Å². The summed E-state index contributed by atoms with van der Waals surface area (Å²) in [5.74, 6) is 4.05. The number of hydrogen-bond acceptors (Lipinski definition) is 2. The number of carboxylic acids is 1. The Labute approximate surface area is 98.0 Å². The number of Topliss-reactive ketones (excluding diaryl/α,β-unsaturated/α-hetero) is 1. The summed E-state index contributed by atoms with van der Waals surface area (Å²) in [5.41, 5.74) is 1.03. The summed E-state index contributed by atoms with van der Waals surface area (Å²) in [6, 6.07) is 4.74. The number of hydrogen-bond donors (Lipinski definition) is 1. The molecule has 0 aliphatic carbocycles. The van der Waals surface area contributed by atoms with Gasteiger partial charge in [-0.15, -0.1) is 0 Å². The fraction of sp³-hybridized carbons (Fsp3) is 0.167. The zero-order chi connectivity index (χ0) is 12.1. The molecule has 0 aliphatic heterocycles. The SMILES string of the molecule is CC(=O)c1ccc(C#CCC(=O)O)c(Cl)c1. The Bertz CT molecular complexity index is 495. The zero-order valence-corrected chi connectivity index (χ0v) is 9.34. The lowest BCUT2D eigenvalue weighted by Gasteiger charge is -1.98. The maximum Gasteiger partial charge on any atom is 0.315 e. The average Bonchev–Trinajstić information content (AvgIpc) is 2.19. The van der Waals surface area contributed by atoms with Crippen LogP contribution in [0.2, 0.25) is 5.02 Å². The lowest BCUT2D eigenvalue weighted by atomic mass is 10.1. The highest BCUT2D eigenvalue weighted by molar-refractivity contribution is 6.32. The molecule has 0 aromatic heterocycles. The predicted octanol–water partition coefficient (Wildman–Crippen LogP) is 2.37. The van der Waals surface area contributed by atoms with Crippen molar-refractivity contribution in [3.8, 4) is 11.8 Å². The number of carbonyl (C=O) groups excluding carboxylic acids is 1. The van der Waals surface area contributed by atoms with Crippen LogP contribution in [0.4, 0.5) is 0 Å². The van der Waals surface area contributed by atoms with Crippen LogP contribution in [0.5, 0.6) is 0 Å². The summed E-state index contributed by atoms with van der Waals surface area (Å²) in [4.78, 5) is 21.3. The van der Waals surface area contributed by atoms with Gasteiger partial charge in [-0.05, 0) is 19.1 Å². The van der Waals surface area contributed by atoms with E-state index in [1.807, 2.05) is 0 Å². The predicted molar refractivity (Wildman–Crippen MR) is 60.6 cm³/mol. The molecule has 0 unspecified atom stereocenters. The van der Waals surface area contributed by atoms with Crippen molar-refractivity contribution < 1.29 is 14.7 Å². The van der Waals surface area contributed by atoms with Gasteiger partial charge in [0, 0.05) is 11.1 Å². The Hall–Kier alpha value is -1.79. The molecule has 0 saturated heterocycles. The van der Waals surface area contributed by atoms with E-state index in [9.17, 15) is 9.59 Å². The fourth-order valence-electron chi connectivity index (χ4n) is 1.05. The normalized spacial score (nSPS) is 9.12. The summed E-state index contributed by atoms with van der Waals surface area (Å²) in [6.07, 6.45) is -0.231. The van der Waals surface area contributed by atoms with Crippen molar-refractivity contribution in [3.63, 3.8) is 0 Å². The van der Waals surface area contributed by atoms with E-state index in [0.29, 0.717) is 16.1 Å². The second-order valence-electron chi connectivity index (χ2n) is 3.12. The molecule has 0 heterocycles. The van der Waals surface area contributed by atoms with Gasteiger partial charge >= 0.3 is 5.97 Å². The number of ketones is 1. The van der Waals surface area contributed by atoms with Crippen LogP contribution in [0, 0.1) is 11.8 Å². The molecule has 4 heteroatoms. The molecule has 0 saturated carbocycles. The van der Waals surface area contributed by atoms with Crippen LogP contribution in [-0.2, 0) is 4.79 Å². The van der Waals surface area contributed by atoms with E-state index in [4.69, 9.17) is 16.7 Å². The molecule has 0 spiro atoms. The maximum absolute atomic E-state index is 11.0. The average molecular weight is 237 g/mol. The first-order valence-corrected chi connectivity index (χ1v) is 4.89. The Morgan fingerprint density at radius 3 is 2.62 bits per heavy atom. The van der Waals surface area contributed by atoms with Crippen molar-refractivity contribution in [3.05, 3.63) is 34.3 Å². The number of aliphatic carboxylic acids is 1. The van der Waals surface area contributed by atoms with Gasteiger partial charge in [0.05, 0.1) is 5.02 Å². The first kappa shape index (κ1) is 12.3. The first-order valence-electron chi connectivity index (χ1n) is 4.52. The summed E-state index contributed by atoms with van der Waals surface area (Å²) >= 11 is 5.89. The van der Waals surface area contributed by atoms with Crippen LogP contribution in [0.1, 0.15) is 29.3 Å². The van der Waals surface area contributed by atoms with E-state index in [-0.39, 0.29) is 12.2 Å². The van der Waals surface area contributed by atoms with Gasteiger partial charge < -0.3 is 5.11 Å². The van der Waals surface area contributed by atoms with E-state index in [2.05, 4.69) is 11.8 Å². The van der Waals surface area contributed by atoms with Gasteiger partial charge in [0.2, 0.25) is 0 Å². The number of carbonyl (C=O) groups is 2. The molecule has 16 heavy (non-hydrogen) atoms. The monoisotopic (exact) mass is 236 g/mol. The molecular weight excluding hydrogens is 228 g/mol. The number of rotatable bonds is 2. The molecule has 3 nitrogen and oxygen atoms in total. The number of carboxylic acid groups (broad SMARTS) is 1. The van der Waals surface area contributed by atoms with Crippen molar-refractivity contribution in [1.82, 2.24) is 0 Å². The minimum absolute atomic E-state index is 0.0769. The highest BCUT2D eigenvalue weighted by Gasteiger charge is 2.02. The lowest BCUT2D eigenvalue weighted by Crippen LogP contribution is -1.93. The van der Waals surface area contributed by atoms with E-state index in [1.54, 1.807) is 12.1 Å². The minimum Gasteiger partial charge on any atom is -0.481 e. The summed E-state index contributed by atoms with van der Waals surface area (Å²) in [6.45, 7) is 1.45. The topological polar surface area (TPSA) is 54.4 Å². The van der Waals surface area contributed by atoms with Crippen LogP contribution < -0.4 is 0 Å². The Morgan fingerprint density at radius 2 is 2.12 bits per heavy atom. The summed E-state index contributed by atoms with van der Waals surface area (Å²) in [7, 11) is 0. The van der Waals surface area contributed by atoms with Crippen LogP contribution in [0.15, 0.2) is 18.2 Å². The molecule has 1 aromatic rings. The molecule has 82 valence electrons. The first-order chi connectivity index (χ1) is 7.50. The molecule has 0 aliphatic rings. The standard InChI is InChI=1S/C12H9ClO3/c1-8(14)10-6-5-9(11(13)7-10)3-2-4-12(15)16/h5-7H,4H2,1H3,(H,15,16). The van der Waals surface area contributed by atoms with Crippen molar-refractivity contribution in [2.45, 2.75) is 13.3 Å². The van der Waals surface area contributed by atoms with Gasteiger partial charge in [0.15, 0.2) is 5.78 Å². The minimum atomic E-state index is -0.982. The van der Waals surface area contributed by atoms with Gasteiger partial charge in [-0.3, -0.25) is 9.59 Å². The Balaban J connectivity index is 2.94. The molecule has 0 atom stereocenters. The Kier molecular flexibility index (Phi) is 4.10. The van der Waals surface area contributed by atoms with E-state index < -0.39 is 5.97 Å². The molecule has 0 amide bonds. The maximum atomic E-state index is 11.0. The van der Waals surface area contributed by atoms with Crippen LogP contribution in [-0.4, -0.2) is 16.9 Å². The highest BCUT2D eigenvalue weighted by atomic mass is 35.5. The van der Waals surface area contributed by atoms with Crippen molar-refractivity contribution >= 4 is 23.4 Å². The third-order valence-corrected chi connectivity index (χ3v) is 2.15. The van der Waals surface area contributed by atoms with Crippen LogP contribution in [0.3, 0.4) is 0 Å². The molecule has 0 radical (unpaired) electrons. The van der Waals surface area contributed by atoms with Gasteiger partial charge in [-0.25, -0.2) is 0 Å². The smallest absolute Gasteiger partial charge is 0.315 e. The van der Waals surface area contributed by atoms with E-state index in [0.717, 1.165) is 0 Å². The van der Waals surface area contributed by atoms with Crippen LogP contribution >= 0.6 is 11.6 Å².